The maximum atomic E-state index is 13.3. The molecule has 1 aromatic heterocycles. The molecule has 0 bridgehead atoms. The van der Waals surface area contributed by atoms with Crippen LogP contribution in [-0.2, 0) is 7.05 Å². The second-order valence-corrected chi connectivity index (χ2v) is 6.44. The Labute approximate surface area is 151 Å². The van der Waals surface area contributed by atoms with Gasteiger partial charge in [0.2, 0.25) is 0 Å². The third-order valence-corrected chi connectivity index (χ3v) is 4.49. The zero-order valence-corrected chi connectivity index (χ0v) is 14.5. The quantitative estimate of drug-likeness (QED) is 0.763. The molecule has 3 aromatic rings. The second-order valence-electron chi connectivity index (χ2n) is 6.44. The van der Waals surface area contributed by atoms with Crippen LogP contribution < -0.4 is 10.1 Å². The normalized spacial score (nSPS) is 14.3. The number of fused-ring (bicyclic) bond motifs is 1. The van der Waals surface area contributed by atoms with Gasteiger partial charge in [-0.2, -0.15) is 5.10 Å². The van der Waals surface area contributed by atoms with E-state index in [-0.39, 0.29) is 11.9 Å². The SMILES string of the molecule is Cn1cc([C@@H](NCC2=Cc3ccccc3OC2)c2ccc(F)cc2)cn1. The summed E-state index contributed by atoms with van der Waals surface area (Å²) in [5.74, 6) is 0.678. The highest BCUT2D eigenvalue weighted by atomic mass is 19.1. The van der Waals surface area contributed by atoms with Crippen LogP contribution in [0.3, 0.4) is 0 Å². The number of hydrogen-bond acceptors (Lipinski definition) is 3. The second kappa shape index (κ2) is 7.14. The molecule has 0 spiro atoms. The maximum absolute atomic E-state index is 13.3. The summed E-state index contributed by atoms with van der Waals surface area (Å²) in [4.78, 5) is 0. The zero-order chi connectivity index (χ0) is 17.9. The van der Waals surface area contributed by atoms with Crippen LogP contribution >= 0.6 is 0 Å². The molecular weight excluding hydrogens is 329 g/mol. The highest BCUT2D eigenvalue weighted by molar-refractivity contribution is 5.62. The van der Waals surface area contributed by atoms with Crippen molar-refractivity contribution >= 4 is 6.08 Å². The molecule has 1 aliphatic heterocycles. The molecule has 1 N–H and O–H groups in total. The van der Waals surface area contributed by atoms with Gasteiger partial charge in [-0.25, -0.2) is 4.39 Å². The number of para-hydroxylation sites is 1. The molecule has 0 aliphatic carbocycles. The maximum Gasteiger partial charge on any atom is 0.127 e. The van der Waals surface area contributed by atoms with Gasteiger partial charge in [0.05, 0.1) is 12.2 Å². The lowest BCUT2D eigenvalue weighted by Gasteiger charge is -2.22. The monoisotopic (exact) mass is 349 g/mol. The average Bonchev–Trinajstić information content (AvgIpc) is 3.09. The van der Waals surface area contributed by atoms with Crippen LogP contribution in [0.1, 0.15) is 22.7 Å². The fourth-order valence-corrected chi connectivity index (χ4v) is 3.17. The Balaban J connectivity index is 1.56. The van der Waals surface area contributed by atoms with Gasteiger partial charge in [0.25, 0.3) is 0 Å². The molecule has 26 heavy (non-hydrogen) atoms. The van der Waals surface area contributed by atoms with Gasteiger partial charge in [-0.15, -0.1) is 0 Å². The van der Waals surface area contributed by atoms with E-state index >= 15 is 0 Å². The molecule has 1 aliphatic rings. The number of aromatic nitrogens is 2. The van der Waals surface area contributed by atoms with Crippen molar-refractivity contribution in [1.82, 2.24) is 15.1 Å². The Morgan fingerprint density at radius 2 is 1.96 bits per heavy atom. The zero-order valence-electron chi connectivity index (χ0n) is 14.5. The number of nitrogens with one attached hydrogen (secondary N) is 1. The van der Waals surface area contributed by atoms with E-state index in [0.29, 0.717) is 13.2 Å². The minimum absolute atomic E-state index is 0.0672. The summed E-state index contributed by atoms with van der Waals surface area (Å²) < 4.78 is 20.9. The number of hydrogen-bond donors (Lipinski definition) is 1. The van der Waals surface area contributed by atoms with Crippen LogP contribution in [0.2, 0.25) is 0 Å². The standard InChI is InChI=1S/C21H20FN3O/c1-25-13-18(12-24-25)21(16-6-8-19(22)9-7-16)23-11-15-10-17-4-2-3-5-20(17)26-14-15/h2-10,12-13,21,23H,11,14H2,1H3/t21-/m0/s1. The Bertz CT molecular complexity index is 930. The predicted molar refractivity (Wildman–Crippen MR) is 99.4 cm³/mol. The first-order valence-corrected chi connectivity index (χ1v) is 8.58. The van der Waals surface area contributed by atoms with Gasteiger partial charge in [0.15, 0.2) is 0 Å². The van der Waals surface area contributed by atoms with Crippen molar-refractivity contribution in [2.45, 2.75) is 6.04 Å². The van der Waals surface area contributed by atoms with Crippen LogP contribution in [0.5, 0.6) is 5.75 Å². The molecular formula is C21H20FN3O. The minimum Gasteiger partial charge on any atom is -0.489 e. The van der Waals surface area contributed by atoms with Crippen molar-refractivity contribution in [3.63, 3.8) is 0 Å². The largest absolute Gasteiger partial charge is 0.489 e. The molecule has 0 saturated carbocycles. The molecule has 0 fully saturated rings. The number of aryl methyl sites for hydroxylation is 1. The topological polar surface area (TPSA) is 39.1 Å². The van der Waals surface area contributed by atoms with E-state index in [1.807, 2.05) is 43.7 Å². The molecule has 1 atom stereocenters. The molecule has 2 heterocycles. The molecule has 0 amide bonds. The number of ether oxygens (including phenoxy) is 1. The lowest BCUT2D eigenvalue weighted by Crippen LogP contribution is -2.27. The van der Waals surface area contributed by atoms with Crippen molar-refractivity contribution in [1.29, 1.82) is 0 Å². The van der Waals surface area contributed by atoms with Crippen LogP contribution in [0.4, 0.5) is 4.39 Å². The van der Waals surface area contributed by atoms with E-state index in [9.17, 15) is 4.39 Å². The Kier molecular flexibility index (Phi) is 4.54. The van der Waals surface area contributed by atoms with Crippen molar-refractivity contribution in [2.24, 2.45) is 7.05 Å². The molecule has 5 heteroatoms. The van der Waals surface area contributed by atoms with Gasteiger partial charge >= 0.3 is 0 Å². The molecule has 132 valence electrons. The Morgan fingerprint density at radius 3 is 2.73 bits per heavy atom. The fourth-order valence-electron chi connectivity index (χ4n) is 3.17. The van der Waals surface area contributed by atoms with Crippen molar-refractivity contribution in [3.05, 3.63) is 89.0 Å². The molecule has 2 aromatic carbocycles. The Morgan fingerprint density at radius 1 is 1.15 bits per heavy atom. The van der Waals surface area contributed by atoms with E-state index in [4.69, 9.17) is 4.74 Å². The lowest BCUT2D eigenvalue weighted by atomic mass is 10.0. The number of nitrogens with zero attached hydrogens (tertiary/aromatic N) is 2. The van der Waals surface area contributed by atoms with Gasteiger partial charge in [-0.3, -0.25) is 4.68 Å². The van der Waals surface area contributed by atoms with Crippen LogP contribution in [0.15, 0.2) is 66.5 Å². The fraction of sp³-hybridized carbons (Fsp3) is 0.190. The highest BCUT2D eigenvalue weighted by Gasteiger charge is 2.17. The summed E-state index contributed by atoms with van der Waals surface area (Å²) >= 11 is 0. The minimum atomic E-state index is -0.237. The molecule has 4 rings (SSSR count). The molecule has 4 nitrogen and oxygen atoms in total. The number of halogens is 1. The average molecular weight is 349 g/mol. The van der Waals surface area contributed by atoms with Gasteiger partial charge in [0.1, 0.15) is 18.2 Å². The summed E-state index contributed by atoms with van der Waals surface area (Å²) in [5.41, 5.74) is 4.30. The van der Waals surface area contributed by atoms with Crippen LogP contribution in [0, 0.1) is 5.82 Å². The van der Waals surface area contributed by atoms with E-state index in [2.05, 4.69) is 16.5 Å². The van der Waals surface area contributed by atoms with Gasteiger partial charge in [-0.05, 0) is 35.4 Å². The first-order chi connectivity index (χ1) is 12.7. The number of rotatable bonds is 5. The summed E-state index contributed by atoms with van der Waals surface area (Å²) in [6.45, 7) is 1.23. The molecule has 0 radical (unpaired) electrons. The first kappa shape index (κ1) is 16.5. The summed E-state index contributed by atoms with van der Waals surface area (Å²) in [5, 5.41) is 7.83. The third-order valence-electron chi connectivity index (χ3n) is 4.49. The highest BCUT2D eigenvalue weighted by Crippen LogP contribution is 2.27. The van der Waals surface area contributed by atoms with Crippen LogP contribution in [-0.4, -0.2) is 22.9 Å². The van der Waals surface area contributed by atoms with Crippen molar-refractivity contribution < 1.29 is 9.13 Å². The van der Waals surface area contributed by atoms with Crippen LogP contribution in [0.25, 0.3) is 6.08 Å². The van der Waals surface area contributed by atoms with E-state index in [1.54, 1.807) is 16.8 Å². The third kappa shape index (κ3) is 3.53. The van der Waals surface area contributed by atoms with Crippen molar-refractivity contribution in [2.75, 3.05) is 13.2 Å². The summed E-state index contributed by atoms with van der Waals surface area (Å²) in [6, 6.07) is 14.5. The van der Waals surface area contributed by atoms with E-state index in [0.717, 1.165) is 22.4 Å². The van der Waals surface area contributed by atoms with E-state index in [1.165, 1.54) is 17.7 Å². The first-order valence-electron chi connectivity index (χ1n) is 8.58. The van der Waals surface area contributed by atoms with E-state index < -0.39 is 0 Å². The Hall–Kier alpha value is -2.92. The summed E-state index contributed by atoms with van der Waals surface area (Å²) in [7, 11) is 1.89. The molecule has 0 unspecified atom stereocenters. The predicted octanol–water partition coefficient (Wildman–Crippen LogP) is 3.71. The molecule has 0 saturated heterocycles. The van der Waals surface area contributed by atoms with Gasteiger partial charge in [-0.1, -0.05) is 30.3 Å². The van der Waals surface area contributed by atoms with Gasteiger partial charge in [0, 0.05) is 30.9 Å². The number of benzene rings is 2. The summed E-state index contributed by atoms with van der Waals surface area (Å²) in [6.07, 6.45) is 5.97. The smallest absolute Gasteiger partial charge is 0.127 e. The van der Waals surface area contributed by atoms with Gasteiger partial charge < -0.3 is 10.1 Å². The lowest BCUT2D eigenvalue weighted by molar-refractivity contribution is 0.342. The van der Waals surface area contributed by atoms with Crippen molar-refractivity contribution in [3.8, 4) is 5.75 Å².